The number of hydrogen-bond donors (Lipinski definition) is 0. The maximum atomic E-state index is 5.24. The van der Waals surface area contributed by atoms with Crippen molar-refractivity contribution in [1.82, 2.24) is 19.9 Å². The molecule has 1 aliphatic heterocycles. The van der Waals surface area contributed by atoms with Crippen molar-refractivity contribution < 1.29 is 4.74 Å². The minimum atomic E-state index is -0.00156. The van der Waals surface area contributed by atoms with Gasteiger partial charge in [-0.3, -0.25) is 9.88 Å². The molecule has 2 aromatic heterocycles. The van der Waals surface area contributed by atoms with Crippen molar-refractivity contribution in [3.8, 4) is 5.75 Å². The van der Waals surface area contributed by atoms with Crippen LogP contribution in [0.25, 0.3) is 0 Å². The first-order chi connectivity index (χ1) is 11.0. The van der Waals surface area contributed by atoms with E-state index in [1.807, 2.05) is 18.5 Å². The van der Waals surface area contributed by atoms with Gasteiger partial charge in [-0.1, -0.05) is 20.8 Å². The fourth-order valence-corrected chi connectivity index (χ4v) is 2.79. The number of hydrogen-bond acceptors (Lipinski definition) is 5. The number of rotatable bonds is 3. The predicted octanol–water partition coefficient (Wildman–Crippen LogP) is 2.74. The van der Waals surface area contributed by atoms with Gasteiger partial charge in [-0.2, -0.15) is 0 Å². The molecule has 0 fully saturated rings. The maximum Gasteiger partial charge on any atom is 0.137 e. The van der Waals surface area contributed by atoms with E-state index >= 15 is 0 Å². The van der Waals surface area contributed by atoms with Crippen molar-refractivity contribution in [1.29, 1.82) is 0 Å². The average molecular weight is 312 g/mol. The fraction of sp³-hybridized carbons (Fsp3) is 0.500. The van der Waals surface area contributed by atoms with Crippen LogP contribution >= 0.6 is 0 Å². The molecule has 1 aliphatic rings. The molecular formula is C18H24N4O. The number of methoxy groups -OCH3 is 1. The van der Waals surface area contributed by atoms with Gasteiger partial charge in [-0.05, 0) is 11.6 Å². The van der Waals surface area contributed by atoms with E-state index in [-0.39, 0.29) is 5.41 Å². The third-order valence-electron chi connectivity index (χ3n) is 4.10. The van der Waals surface area contributed by atoms with Gasteiger partial charge in [0, 0.05) is 55.1 Å². The Morgan fingerprint density at radius 2 is 2.04 bits per heavy atom. The lowest BCUT2D eigenvalue weighted by Gasteiger charge is -2.29. The Hall–Kier alpha value is -2.01. The van der Waals surface area contributed by atoms with Crippen LogP contribution in [0.5, 0.6) is 5.75 Å². The quantitative estimate of drug-likeness (QED) is 0.872. The van der Waals surface area contributed by atoms with Crippen LogP contribution in [-0.2, 0) is 24.9 Å². The number of fused-ring (bicyclic) bond motifs is 1. The van der Waals surface area contributed by atoms with Gasteiger partial charge in [-0.25, -0.2) is 9.97 Å². The first-order valence-corrected chi connectivity index (χ1v) is 8.01. The molecule has 0 atom stereocenters. The van der Waals surface area contributed by atoms with Crippen LogP contribution in [0.1, 0.15) is 43.4 Å². The van der Waals surface area contributed by atoms with E-state index < -0.39 is 0 Å². The van der Waals surface area contributed by atoms with Crippen molar-refractivity contribution in [2.45, 2.75) is 45.7 Å². The molecule has 0 radical (unpaired) electrons. The van der Waals surface area contributed by atoms with Crippen LogP contribution in [-0.4, -0.2) is 33.5 Å². The highest BCUT2D eigenvalue weighted by Crippen LogP contribution is 2.23. The predicted molar refractivity (Wildman–Crippen MR) is 89.3 cm³/mol. The van der Waals surface area contributed by atoms with Gasteiger partial charge < -0.3 is 4.74 Å². The average Bonchev–Trinajstić information content (AvgIpc) is 2.53. The van der Waals surface area contributed by atoms with Crippen LogP contribution in [0.15, 0.2) is 24.7 Å². The number of pyridine rings is 1. The van der Waals surface area contributed by atoms with Gasteiger partial charge in [0.05, 0.1) is 13.3 Å². The number of ether oxygens (including phenoxy) is 1. The summed E-state index contributed by atoms with van der Waals surface area (Å²) in [4.78, 5) is 16.0. The third-order valence-corrected chi connectivity index (χ3v) is 4.10. The summed E-state index contributed by atoms with van der Waals surface area (Å²) in [6.07, 6.45) is 6.60. The molecule has 0 aromatic carbocycles. The van der Waals surface area contributed by atoms with Crippen molar-refractivity contribution in [2.75, 3.05) is 13.7 Å². The molecule has 0 aliphatic carbocycles. The zero-order valence-electron chi connectivity index (χ0n) is 14.3. The Kier molecular flexibility index (Phi) is 4.31. The highest BCUT2D eigenvalue weighted by atomic mass is 16.5. The van der Waals surface area contributed by atoms with Crippen LogP contribution in [0.3, 0.4) is 0 Å². The van der Waals surface area contributed by atoms with Crippen LogP contribution in [0, 0.1) is 0 Å². The third kappa shape index (κ3) is 3.67. The molecule has 0 unspecified atom stereocenters. The van der Waals surface area contributed by atoms with Crippen LogP contribution in [0.4, 0.5) is 0 Å². The molecule has 5 nitrogen and oxygen atoms in total. The number of nitrogens with zero attached hydrogens (tertiary/aromatic N) is 4. The standard InChI is InChI=1S/C18H24N4O/c1-18(2,3)17-20-9-14-12-22(6-5-16(14)21-17)11-13-7-15(23-4)10-19-8-13/h7-10H,5-6,11-12H2,1-4H3. The minimum Gasteiger partial charge on any atom is -0.495 e. The molecule has 0 saturated carbocycles. The summed E-state index contributed by atoms with van der Waals surface area (Å²) in [5.41, 5.74) is 3.60. The number of aromatic nitrogens is 3. The summed E-state index contributed by atoms with van der Waals surface area (Å²) in [6.45, 7) is 9.21. The van der Waals surface area contributed by atoms with Crippen LogP contribution < -0.4 is 4.74 Å². The Balaban J connectivity index is 1.73. The lowest BCUT2D eigenvalue weighted by Crippen LogP contribution is -2.32. The van der Waals surface area contributed by atoms with E-state index in [1.165, 1.54) is 16.8 Å². The van der Waals surface area contributed by atoms with Gasteiger partial charge in [0.2, 0.25) is 0 Å². The maximum absolute atomic E-state index is 5.24. The molecule has 0 N–H and O–H groups in total. The molecule has 0 saturated heterocycles. The summed E-state index contributed by atoms with van der Waals surface area (Å²) >= 11 is 0. The minimum absolute atomic E-state index is 0.00156. The molecule has 3 heterocycles. The van der Waals surface area contributed by atoms with Gasteiger partial charge in [0.1, 0.15) is 11.6 Å². The highest BCUT2D eigenvalue weighted by molar-refractivity contribution is 5.25. The normalized spacial score (nSPS) is 15.3. The fourth-order valence-electron chi connectivity index (χ4n) is 2.79. The van der Waals surface area contributed by atoms with Crippen molar-refractivity contribution in [3.63, 3.8) is 0 Å². The zero-order valence-corrected chi connectivity index (χ0v) is 14.3. The second kappa shape index (κ2) is 6.24. The molecule has 0 bridgehead atoms. The zero-order chi connectivity index (χ0) is 16.4. The van der Waals surface area contributed by atoms with E-state index in [2.05, 4.69) is 35.6 Å². The lowest BCUT2D eigenvalue weighted by atomic mass is 9.95. The van der Waals surface area contributed by atoms with Gasteiger partial charge in [-0.15, -0.1) is 0 Å². The van der Waals surface area contributed by atoms with E-state index in [0.717, 1.165) is 37.6 Å². The molecule has 0 amide bonds. The summed E-state index contributed by atoms with van der Waals surface area (Å²) in [5.74, 6) is 1.74. The Morgan fingerprint density at radius 1 is 1.22 bits per heavy atom. The Morgan fingerprint density at radius 3 is 2.78 bits per heavy atom. The van der Waals surface area contributed by atoms with E-state index in [9.17, 15) is 0 Å². The van der Waals surface area contributed by atoms with E-state index in [0.29, 0.717) is 0 Å². The molecule has 5 heteroatoms. The highest BCUT2D eigenvalue weighted by Gasteiger charge is 2.22. The van der Waals surface area contributed by atoms with Gasteiger partial charge in [0.25, 0.3) is 0 Å². The smallest absolute Gasteiger partial charge is 0.137 e. The van der Waals surface area contributed by atoms with Gasteiger partial charge in [0.15, 0.2) is 0 Å². The van der Waals surface area contributed by atoms with Crippen molar-refractivity contribution in [2.24, 2.45) is 0 Å². The summed E-state index contributed by atoms with van der Waals surface area (Å²) < 4.78 is 5.24. The van der Waals surface area contributed by atoms with Gasteiger partial charge >= 0.3 is 0 Å². The van der Waals surface area contributed by atoms with Crippen molar-refractivity contribution in [3.05, 3.63) is 47.3 Å². The molecule has 122 valence electrons. The lowest BCUT2D eigenvalue weighted by molar-refractivity contribution is 0.241. The largest absolute Gasteiger partial charge is 0.495 e. The van der Waals surface area contributed by atoms with E-state index in [4.69, 9.17) is 9.72 Å². The SMILES string of the molecule is COc1cncc(CN2CCc3nc(C(C)(C)C)ncc3C2)c1. The summed E-state index contributed by atoms with van der Waals surface area (Å²) in [5, 5.41) is 0. The van der Waals surface area contributed by atoms with Crippen molar-refractivity contribution >= 4 is 0 Å². The topological polar surface area (TPSA) is 51.1 Å². The summed E-state index contributed by atoms with van der Waals surface area (Å²) in [7, 11) is 1.67. The summed E-state index contributed by atoms with van der Waals surface area (Å²) in [6, 6.07) is 2.04. The Bertz CT molecular complexity index is 694. The molecule has 23 heavy (non-hydrogen) atoms. The molecule has 3 rings (SSSR count). The molecule has 0 spiro atoms. The van der Waals surface area contributed by atoms with Crippen LogP contribution in [0.2, 0.25) is 0 Å². The second-order valence-electron chi connectivity index (χ2n) is 7.11. The Labute approximate surface area is 137 Å². The first kappa shape index (κ1) is 15.9. The first-order valence-electron chi connectivity index (χ1n) is 8.01. The molecule has 2 aromatic rings. The second-order valence-corrected chi connectivity index (χ2v) is 7.11. The molecular weight excluding hydrogens is 288 g/mol. The monoisotopic (exact) mass is 312 g/mol. The van der Waals surface area contributed by atoms with E-state index in [1.54, 1.807) is 13.3 Å².